The van der Waals surface area contributed by atoms with E-state index in [9.17, 15) is 9.90 Å². The summed E-state index contributed by atoms with van der Waals surface area (Å²) in [6, 6.07) is 0.207. The molecule has 1 heterocycles. The Kier molecular flexibility index (Phi) is 4.82. The van der Waals surface area contributed by atoms with E-state index in [1.54, 1.807) is 4.68 Å². The number of hydrogen-bond donors (Lipinski definition) is 1. The van der Waals surface area contributed by atoms with Crippen molar-refractivity contribution >= 4 is 17.6 Å². The minimum Gasteiger partial charge on any atom is -0.478 e. The van der Waals surface area contributed by atoms with E-state index in [1.807, 2.05) is 0 Å². The van der Waals surface area contributed by atoms with Crippen LogP contribution >= 0.6 is 11.6 Å². The highest BCUT2D eigenvalue weighted by molar-refractivity contribution is 6.32. The molecule has 1 saturated carbocycles. The highest BCUT2D eigenvalue weighted by Crippen LogP contribution is 2.32. The van der Waals surface area contributed by atoms with Gasteiger partial charge in [-0.1, -0.05) is 37.3 Å². The van der Waals surface area contributed by atoms with Gasteiger partial charge in [-0.2, -0.15) is 5.10 Å². The van der Waals surface area contributed by atoms with Crippen LogP contribution in [0.2, 0.25) is 5.15 Å². The number of hydrogen-bond acceptors (Lipinski definition) is 3. The minimum atomic E-state index is -1.04. The van der Waals surface area contributed by atoms with Crippen molar-refractivity contribution < 1.29 is 14.6 Å². The second-order valence-electron chi connectivity index (χ2n) is 4.94. The molecule has 2 rings (SSSR count). The summed E-state index contributed by atoms with van der Waals surface area (Å²) in [7, 11) is 1.52. The maximum Gasteiger partial charge on any atom is 0.340 e. The van der Waals surface area contributed by atoms with Crippen LogP contribution in [0.5, 0.6) is 0 Å². The molecule has 0 aliphatic heterocycles. The van der Waals surface area contributed by atoms with Crippen molar-refractivity contribution in [3.05, 3.63) is 16.4 Å². The molecule has 0 atom stereocenters. The molecule has 0 spiro atoms. The van der Waals surface area contributed by atoms with Gasteiger partial charge in [0.05, 0.1) is 12.6 Å². The Morgan fingerprint density at radius 2 is 2.05 bits per heavy atom. The van der Waals surface area contributed by atoms with E-state index in [0.29, 0.717) is 5.69 Å². The second-order valence-corrected chi connectivity index (χ2v) is 5.30. The Balaban J connectivity index is 2.34. The van der Waals surface area contributed by atoms with Gasteiger partial charge >= 0.3 is 5.97 Å². The molecule has 0 aromatic carbocycles. The van der Waals surface area contributed by atoms with E-state index in [1.165, 1.54) is 20.0 Å². The Labute approximate surface area is 117 Å². The van der Waals surface area contributed by atoms with Crippen LogP contribution in [0, 0.1) is 0 Å². The number of aromatic nitrogens is 2. The van der Waals surface area contributed by atoms with Gasteiger partial charge < -0.3 is 9.84 Å². The first-order chi connectivity index (χ1) is 9.15. The first-order valence-corrected chi connectivity index (χ1v) is 7.02. The summed E-state index contributed by atoms with van der Waals surface area (Å²) >= 11 is 6.21. The third-order valence-corrected chi connectivity index (χ3v) is 3.95. The maximum absolute atomic E-state index is 11.3. The van der Waals surface area contributed by atoms with Gasteiger partial charge in [0.2, 0.25) is 0 Å². The smallest absolute Gasteiger partial charge is 0.340 e. The van der Waals surface area contributed by atoms with E-state index in [0.717, 1.165) is 25.7 Å². The van der Waals surface area contributed by atoms with E-state index in [-0.39, 0.29) is 23.4 Å². The van der Waals surface area contributed by atoms with Gasteiger partial charge in [0.15, 0.2) is 0 Å². The van der Waals surface area contributed by atoms with Gasteiger partial charge in [0.1, 0.15) is 16.4 Å². The van der Waals surface area contributed by atoms with Gasteiger partial charge in [-0.3, -0.25) is 0 Å². The summed E-state index contributed by atoms with van der Waals surface area (Å²) in [5.41, 5.74) is 0.483. The molecule has 1 aromatic rings. The molecular formula is C13H19ClN2O3. The van der Waals surface area contributed by atoms with E-state index >= 15 is 0 Å². The third kappa shape index (κ3) is 3.09. The van der Waals surface area contributed by atoms with Crippen molar-refractivity contribution in [2.75, 3.05) is 7.11 Å². The summed E-state index contributed by atoms with van der Waals surface area (Å²) in [5.74, 6) is -1.04. The second kappa shape index (κ2) is 6.39. The molecule has 0 unspecified atom stereocenters. The van der Waals surface area contributed by atoms with Crippen LogP contribution < -0.4 is 0 Å². The van der Waals surface area contributed by atoms with Crippen LogP contribution in [0.15, 0.2) is 0 Å². The van der Waals surface area contributed by atoms with Gasteiger partial charge in [0, 0.05) is 7.11 Å². The fraction of sp³-hybridized carbons (Fsp3) is 0.692. The van der Waals surface area contributed by atoms with Crippen LogP contribution in [-0.2, 0) is 11.3 Å². The van der Waals surface area contributed by atoms with Crippen LogP contribution in [-0.4, -0.2) is 28.0 Å². The zero-order chi connectivity index (χ0) is 13.8. The molecule has 1 aliphatic carbocycles. The van der Waals surface area contributed by atoms with Gasteiger partial charge in [-0.25, -0.2) is 9.48 Å². The highest BCUT2D eigenvalue weighted by atomic mass is 35.5. The van der Waals surface area contributed by atoms with E-state index in [2.05, 4.69) is 5.10 Å². The van der Waals surface area contributed by atoms with E-state index < -0.39 is 5.97 Å². The predicted molar refractivity (Wildman–Crippen MR) is 71.6 cm³/mol. The summed E-state index contributed by atoms with van der Waals surface area (Å²) in [4.78, 5) is 11.3. The molecule has 1 fully saturated rings. The average Bonchev–Trinajstić information content (AvgIpc) is 2.56. The molecule has 19 heavy (non-hydrogen) atoms. The number of carbonyl (C=O) groups is 1. The fourth-order valence-electron chi connectivity index (χ4n) is 2.65. The Bertz CT molecular complexity index is 451. The standard InChI is InChI=1S/C13H19ClN2O3/c1-19-8-10-11(13(17)18)12(14)16(15-10)9-6-4-2-3-5-7-9/h9H,2-8H2,1H3,(H,17,18). The topological polar surface area (TPSA) is 64.4 Å². The quantitative estimate of drug-likeness (QED) is 0.863. The van der Waals surface area contributed by atoms with Crippen molar-refractivity contribution in [1.82, 2.24) is 9.78 Å². The number of rotatable bonds is 4. The molecule has 6 heteroatoms. The number of ether oxygens (including phenoxy) is 1. The molecule has 0 bridgehead atoms. The average molecular weight is 287 g/mol. The van der Waals surface area contributed by atoms with Crippen molar-refractivity contribution in [3.63, 3.8) is 0 Å². The number of aromatic carboxylic acids is 1. The molecule has 0 saturated heterocycles. The molecule has 5 nitrogen and oxygen atoms in total. The molecule has 1 N–H and O–H groups in total. The molecule has 106 valence electrons. The van der Waals surface area contributed by atoms with Crippen LogP contribution in [0.3, 0.4) is 0 Å². The lowest BCUT2D eigenvalue weighted by atomic mass is 10.1. The first-order valence-electron chi connectivity index (χ1n) is 6.64. The summed E-state index contributed by atoms with van der Waals surface area (Å²) in [6.07, 6.45) is 6.75. The van der Waals surface area contributed by atoms with E-state index in [4.69, 9.17) is 16.3 Å². The lowest BCUT2D eigenvalue weighted by Crippen LogP contribution is -2.10. The Morgan fingerprint density at radius 3 is 2.58 bits per heavy atom. The molecular weight excluding hydrogens is 268 g/mol. The van der Waals surface area contributed by atoms with Crippen LogP contribution in [0.4, 0.5) is 0 Å². The van der Waals surface area contributed by atoms with Crippen molar-refractivity contribution in [2.24, 2.45) is 0 Å². The predicted octanol–water partition coefficient (Wildman–Crippen LogP) is 3.28. The monoisotopic (exact) mass is 286 g/mol. The fourth-order valence-corrected chi connectivity index (χ4v) is 3.02. The summed E-state index contributed by atoms with van der Waals surface area (Å²) in [5, 5.41) is 13.8. The number of halogens is 1. The van der Waals surface area contributed by atoms with Crippen molar-refractivity contribution in [3.8, 4) is 0 Å². The van der Waals surface area contributed by atoms with Gasteiger partial charge in [-0.05, 0) is 12.8 Å². The van der Waals surface area contributed by atoms with Crippen molar-refractivity contribution in [2.45, 2.75) is 51.2 Å². The highest BCUT2D eigenvalue weighted by Gasteiger charge is 2.26. The van der Waals surface area contributed by atoms with Crippen molar-refractivity contribution in [1.29, 1.82) is 0 Å². The number of methoxy groups -OCH3 is 1. The van der Waals surface area contributed by atoms with Crippen LogP contribution in [0.25, 0.3) is 0 Å². The number of nitrogens with zero attached hydrogens (tertiary/aromatic N) is 2. The number of carboxylic acid groups (broad SMARTS) is 1. The normalized spacial score (nSPS) is 17.4. The van der Waals surface area contributed by atoms with Crippen LogP contribution in [0.1, 0.15) is 60.6 Å². The number of carboxylic acids is 1. The maximum atomic E-state index is 11.3. The Hall–Kier alpha value is -1.07. The SMILES string of the molecule is COCc1nn(C2CCCCCC2)c(Cl)c1C(=O)O. The zero-order valence-corrected chi connectivity index (χ0v) is 11.8. The van der Waals surface area contributed by atoms with Gasteiger partial charge in [0.25, 0.3) is 0 Å². The molecule has 1 aromatic heterocycles. The van der Waals surface area contributed by atoms with Gasteiger partial charge in [-0.15, -0.1) is 0 Å². The minimum absolute atomic E-state index is 0.0766. The molecule has 0 amide bonds. The summed E-state index contributed by atoms with van der Waals surface area (Å²) < 4.78 is 6.69. The zero-order valence-electron chi connectivity index (χ0n) is 11.1. The molecule has 1 aliphatic rings. The Morgan fingerprint density at radius 1 is 1.42 bits per heavy atom. The lowest BCUT2D eigenvalue weighted by Gasteiger charge is -2.15. The lowest BCUT2D eigenvalue weighted by molar-refractivity contribution is 0.0692. The summed E-state index contributed by atoms with van der Waals surface area (Å²) in [6.45, 7) is 0.168. The largest absolute Gasteiger partial charge is 0.478 e. The molecule has 0 radical (unpaired) electrons. The first kappa shape index (κ1) is 14.3. The third-order valence-electron chi connectivity index (χ3n) is 3.59.